The summed E-state index contributed by atoms with van der Waals surface area (Å²) in [5, 5.41) is 6.38. The predicted octanol–water partition coefficient (Wildman–Crippen LogP) is 1.89. The second-order valence-corrected chi connectivity index (χ2v) is 4.34. The van der Waals surface area contributed by atoms with Gasteiger partial charge in [-0.25, -0.2) is 0 Å². The number of hydrogen-bond donors (Lipinski definition) is 1. The zero-order valence-corrected chi connectivity index (χ0v) is 9.80. The van der Waals surface area contributed by atoms with Gasteiger partial charge in [-0.05, 0) is 13.3 Å². The van der Waals surface area contributed by atoms with E-state index in [4.69, 9.17) is 4.52 Å². The Labute approximate surface area is 91.2 Å². The first-order chi connectivity index (χ1) is 6.63. The van der Waals surface area contributed by atoms with Crippen molar-refractivity contribution in [2.45, 2.75) is 25.1 Å². The van der Waals surface area contributed by atoms with Crippen molar-refractivity contribution < 1.29 is 9.32 Å². The van der Waals surface area contributed by atoms with E-state index in [1.54, 1.807) is 13.0 Å². The number of aryl methyl sites for hydroxylation is 1. The first kappa shape index (κ1) is 11.2. The maximum absolute atomic E-state index is 11.4. The molecule has 0 spiro atoms. The van der Waals surface area contributed by atoms with E-state index in [9.17, 15) is 4.79 Å². The van der Waals surface area contributed by atoms with Crippen LogP contribution in [0.5, 0.6) is 0 Å². The van der Waals surface area contributed by atoms with Crippen LogP contribution in [-0.4, -0.2) is 22.4 Å². The van der Waals surface area contributed by atoms with Crippen LogP contribution in [0.2, 0.25) is 0 Å². The molecule has 0 saturated carbocycles. The van der Waals surface area contributed by atoms with Gasteiger partial charge in [0, 0.05) is 17.4 Å². The predicted molar refractivity (Wildman–Crippen MR) is 56.6 cm³/mol. The van der Waals surface area contributed by atoms with Crippen molar-refractivity contribution in [1.29, 1.82) is 0 Å². The van der Waals surface area contributed by atoms with Crippen LogP contribution in [0.4, 0.5) is 0 Å². The molecule has 1 N–H and O–H groups in total. The van der Waals surface area contributed by atoms with E-state index in [1.165, 1.54) is 0 Å². The lowest BCUT2D eigenvalue weighted by atomic mass is 10.3. The first-order valence-electron chi connectivity index (χ1n) is 4.49. The lowest BCUT2D eigenvalue weighted by Crippen LogP contribution is -2.28. The number of nitrogens with one attached hydrogen (secondary N) is 1. The SMILES string of the molecule is CCC(Br)CNC(=O)c1cc(C)no1. The van der Waals surface area contributed by atoms with Crippen LogP contribution in [0, 0.1) is 6.92 Å². The summed E-state index contributed by atoms with van der Waals surface area (Å²) < 4.78 is 4.81. The summed E-state index contributed by atoms with van der Waals surface area (Å²) in [6, 6.07) is 1.62. The molecule has 5 heteroatoms. The van der Waals surface area contributed by atoms with E-state index in [1.807, 2.05) is 6.92 Å². The molecular formula is C9H13BrN2O2. The summed E-state index contributed by atoms with van der Waals surface area (Å²) in [5.41, 5.74) is 0.709. The van der Waals surface area contributed by atoms with Crippen LogP contribution in [0.3, 0.4) is 0 Å². The van der Waals surface area contributed by atoms with Crippen molar-refractivity contribution in [2.24, 2.45) is 0 Å². The lowest BCUT2D eigenvalue weighted by molar-refractivity contribution is 0.0917. The summed E-state index contributed by atoms with van der Waals surface area (Å²) in [4.78, 5) is 11.7. The van der Waals surface area contributed by atoms with Crippen LogP contribution in [0.15, 0.2) is 10.6 Å². The van der Waals surface area contributed by atoms with Gasteiger partial charge in [0.2, 0.25) is 5.76 Å². The second-order valence-electron chi connectivity index (χ2n) is 3.05. The first-order valence-corrected chi connectivity index (χ1v) is 5.40. The number of alkyl halides is 1. The van der Waals surface area contributed by atoms with Gasteiger partial charge in [0.15, 0.2) is 0 Å². The van der Waals surface area contributed by atoms with E-state index in [0.717, 1.165) is 6.42 Å². The van der Waals surface area contributed by atoms with Gasteiger partial charge < -0.3 is 9.84 Å². The van der Waals surface area contributed by atoms with Gasteiger partial charge in [0.05, 0.1) is 5.69 Å². The van der Waals surface area contributed by atoms with Crippen molar-refractivity contribution in [1.82, 2.24) is 10.5 Å². The minimum Gasteiger partial charge on any atom is -0.351 e. The maximum Gasteiger partial charge on any atom is 0.289 e. The number of halogens is 1. The zero-order valence-electron chi connectivity index (χ0n) is 8.21. The Bertz CT molecular complexity index is 312. The molecule has 1 aromatic rings. The molecule has 0 fully saturated rings. The van der Waals surface area contributed by atoms with Crippen molar-refractivity contribution in [3.05, 3.63) is 17.5 Å². The highest BCUT2D eigenvalue weighted by Gasteiger charge is 2.11. The lowest BCUT2D eigenvalue weighted by Gasteiger charge is -2.06. The fourth-order valence-electron chi connectivity index (χ4n) is 0.905. The second kappa shape index (κ2) is 5.14. The van der Waals surface area contributed by atoms with Gasteiger partial charge in [-0.3, -0.25) is 4.79 Å². The molecule has 0 aliphatic rings. The molecule has 1 heterocycles. The summed E-state index contributed by atoms with van der Waals surface area (Å²) in [6.45, 7) is 4.42. The summed E-state index contributed by atoms with van der Waals surface area (Å²) >= 11 is 3.42. The van der Waals surface area contributed by atoms with Crippen LogP contribution in [0.25, 0.3) is 0 Å². The Balaban J connectivity index is 2.43. The molecule has 1 unspecified atom stereocenters. The van der Waals surface area contributed by atoms with Gasteiger partial charge in [-0.15, -0.1) is 0 Å². The zero-order chi connectivity index (χ0) is 10.6. The number of amides is 1. The Kier molecular flexibility index (Phi) is 4.13. The average molecular weight is 261 g/mol. The van der Waals surface area contributed by atoms with Crippen LogP contribution >= 0.6 is 15.9 Å². The molecule has 0 aromatic carbocycles. The molecular weight excluding hydrogens is 248 g/mol. The number of aromatic nitrogens is 1. The smallest absolute Gasteiger partial charge is 0.289 e. The standard InChI is InChI=1S/C9H13BrN2O2/c1-3-7(10)5-11-9(13)8-4-6(2)12-14-8/h4,7H,3,5H2,1-2H3,(H,11,13). The molecule has 0 bridgehead atoms. The number of nitrogens with zero attached hydrogens (tertiary/aromatic N) is 1. The molecule has 1 atom stereocenters. The average Bonchev–Trinajstić information content (AvgIpc) is 2.60. The number of carbonyl (C=O) groups is 1. The highest BCUT2D eigenvalue weighted by molar-refractivity contribution is 9.09. The molecule has 14 heavy (non-hydrogen) atoms. The largest absolute Gasteiger partial charge is 0.351 e. The van der Waals surface area contributed by atoms with Crippen molar-refractivity contribution in [2.75, 3.05) is 6.54 Å². The minimum absolute atomic E-state index is 0.219. The van der Waals surface area contributed by atoms with E-state index >= 15 is 0 Å². The Morgan fingerprint density at radius 3 is 3.00 bits per heavy atom. The third-order valence-electron chi connectivity index (χ3n) is 1.78. The number of carbonyl (C=O) groups excluding carboxylic acids is 1. The van der Waals surface area contributed by atoms with E-state index in [-0.39, 0.29) is 11.7 Å². The maximum atomic E-state index is 11.4. The Morgan fingerprint density at radius 2 is 2.50 bits per heavy atom. The molecule has 0 saturated heterocycles. The number of hydrogen-bond acceptors (Lipinski definition) is 3. The molecule has 1 amide bonds. The highest BCUT2D eigenvalue weighted by Crippen LogP contribution is 2.04. The summed E-state index contributed by atoms with van der Waals surface area (Å²) in [5.74, 6) is 0.0433. The topological polar surface area (TPSA) is 55.1 Å². The molecule has 78 valence electrons. The molecule has 1 aromatic heterocycles. The monoisotopic (exact) mass is 260 g/mol. The quantitative estimate of drug-likeness (QED) is 0.842. The van der Waals surface area contributed by atoms with Crippen LogP contribution in [0.1, 0.15) is 29.6 Å². The van der Waals surface area contributed by atoms with Crippen LogP contribution < -0.4 is 5.32 Å². The van der Waals surface area contributed by atoms with Crippen molar-refractivity contribution in [3.63, 3.8) is 0 Å². The van der Waals surface area contributed by atoms with Gasteiger partial charge in [0.1, 0.15) is 0 Å². The molecule has 0 aliphatic carbocycles. The summed E-state index contributed by atoms with van der Waals surface area (Å²) in [7, 11) is 0. The minimum atomic E-state index is -0.219. The van der Waals surface area contributed by atoms with Gasteiger partial charge in [-0.2, -0.15) is 0 Å². The third-order valence-corrected chi connectivity index (χ3v) is 2.75. The Hall–Kier alpha value is -0.840. The summed E-state index contributed by atoms with van der Waals surface area (Å²) in [6.07, 6.45) is 0.968. The van der Waals surface area contributed by atoms with E-state index in [0.29, 0.717) is 17.1 Å². The third kappa shape index (κ3) is 3.14. The molecule has 1 rings (SSSR count). The van der Waals surface area contributed by atoms with Crippen molar-refractivity contribution >= 4 is 21.8 Å². The fraction of sp³-hybridized carbons (Fsp3) is 0.556. The number of rotatable bonds is 4. The van der Waals surface area contributed by atoms with E-state index in [2.05, 4.69) is 26.4 Å². The van der Waals surface area contributed by atoms with Crippen molar-refractivity contribution in [3.8, 4) is 0 Å². The highest BCUT2D eigenvalue weighted by atomic mass is 79.9. The van der Waals surface area contributed by atoms with Gasteiger partial charge in [0.25, 0.3) is 5.91 Å². The van der Waals surface area contributed by atoms with Gasteiger partial charge in [-0.1, -0.05) is 28.0 Å². The Morgan fingerprint density at radius 1 is 1.79 bits per heavy atom. The molecule has 0 aliphatic heterocycles. The fourth-order valence-corrected chi connectivity index (χ4v) is 1.07. The molecule has 4 nitrogen and oxygen atoms in total. The van der Waals surface area contributed by atoms with E-state index < -0.39 is 0 Å². The van der Waals surface area contributed by atoms with Crippen LogP contribution in [-0.2, 0) is 0 Å². The molecule has 0 radical (unpaired) electrons. The normalized spacial score (nSPS) is 12.5. The van der Waals surface area contributed by atoms with Gasteiger partial charge >= 0.3 is 0 Å².